The molecule has 1 aliphatic carbocycles. The highest BCUT2D eigenvalue weighted by atomic mass is 35.5. The van der Waals surface area contributed by atoms with Crippen LogP contribution in [0.3, 0.4) is 0 Å². The molecule has 0 atom stereocenters. The summed E-state index contributed by atoms with van der Waals surface area (Å²) in [6, 6.07) is 12.7. The van der Waals surface area contributed by atoms with Gasteiger partial charge in [0, 0.05) is 34.5 Å². The average Bonchev–Trinajstić information content (AvgIpc) is 2.79. The molecular formula is C28H33ClN2O4. The molecule has 2 N–H and O–H groups in total. The molecule has 0 spiro atoms. The Labute approximate surface area is 212 Å². The Morgan fingerprint density at radius 1 is 1.17 bits per heavy atom. The molecule has 1 amide bonds. The second kappa shape index (κ2) is 9.46. The Kier molecular flexibility index (Phi) is 6.89. The molecular weight excluding hydrogens is 464 g/mol. The van der Waals surface area contributed by atoms with E-state index in [1.54, 1.807) is 18.2 Å². The van der Waals surface area contributed by atoms with Crippen LogP contribution in [0.1, 0.15) is 50.0 Å². The van der Waals surface area contributed by atoms with Crippen molar-refractivity contribution in [1.29, 1.82) is 0 Å². The normalized spacial score (nSPS) is 23.3. The quantitative estimate of drug-likeness (QED) is 0.477. The van der Waals surface area contributed by atoms with Gasteiger partial charge in [-0.1, -0.05) is 57.5 Å². The van der Waals surface area contributed by atoms with Crippen LogP contribution in [0.5, 0.6) is 5.75 Å². The van der Waals surface area contributed by atoms with Gasteiger partial charge in [0.05, 0.1) is 24.8 Å². The molecule has 0 unspecified atom stereocenters. The van der Waals surface area contributed by atoms with Crippen molar-refractivity contribution in [2.24, 2.45) is 16.2 Å². The van der Waals surface area contributed by atoms with Gasteiger partial charge in [-0.15, -0.1) is 0 Å². The van der Waals surface area contributed by atoms with E-state index in [0.29, 0.717) is 35.2 Å². The largest absolute Gasteiger partial charge is 0.489 e. The van der Waals surface area contributed by atoms with E-state index in [9.17, 15) is 9.90 Å². The number of amides is 1. The monoisotopic (exact) mass is 496 g/mol. The molecule has 4 rings (SSSR count). The van der Waals surface area contributed by atoms with Crippen molar-refractivity contribution in [3.63, 3.8) is 0 Å². The highest BCUT2D eigenvalue weighted by Crippen LogP contribution is 2.55. The standard InChI is InChI=1S/C28H33ClN2O4/c1-26(2)24(27(3,4)25(26)35-20-10-11-22(30-5)21(29)14-20)31-23(33)19-8-6-18(7-9-19)15-28(12-13-32)16-34-17-28/h6-11,14,24-25,32H,12-13,15-17H2,1-4H3,(H,31,33). The van der Waals surface area contributed by atoms with Crippen molar-refractivity contribution in [1.82, 2.24) is 5.32 Å². The number of ether oxygens (including phenoxy) is 2. The number of carbonyl (C=O) groups is 1. The lowest BCUT2D eigenvalue weighted by molar-refractivity contribution is -0.164. The van der Waals surface area contributed by atoms with E-state index in [4.69, 9.17) is 27.6 Å². The third-order valence-electron chi connectivity index (χ3n) is 7.66. The Balaban J connectivity index is 1.41. The lowest BCUT2D eigenvalue weighted by Gasteiger charge is -2.63. The number of carbonyl (C=O) groups excluding carboxylic acids is 1. The summed E-state index contributed by atoms with van der Waals surface area (Å²) < 4.78 is 11.7. The number of aliphatic hydroxyl groups excluding tert-OH is 1. The van der Waals surface area contributed by atoms with E-state index >= 15 is 0 Å². The van der Waals surface area contributed by atoms with Crippen LogP contribution in [-0.4, -0.2) is 43.0 Å². The summed E-state index contributed by atoms with van der Waals surface area (Å²) in [6.45, 7) is 17.0. The Hall–Kier alpha value is -2.59. The zero-order chi connectivity index (χ0) is 25.4. The fraction of sp³-hybridized carbons (Fsp3) is 0.500. The van der Waals surface area contributed by atoms with Gasteiger partial charge in [0.2, 0.25) is 5.69 Å². The Bertz CT molecular complexity index is 1120. The average molecular weight is 497 g/mol. The number of halogens is 1. The summed E-state index contributed by atoms with van der Waals surface area (Å²) in [5.74, 6) is 0.507. The van der Waals surface area contributed by atoms with Crippen LogP contribution in [0.2, 0.25) is 5.02 Å². The predicted molar refractivity (Wildman–Crippen MR) is 136 cm³/mol. The molecule has 6 nitrogen and oxygen atoms in total. The van der Waals surface area contributed by atoms with Gasteiger partial charge in [0.15, 0.2) is 0 Å². The first-order chi connectivity index (χ1) is 16.5. The van der Waals surface area contributed by atoms with Crippen LogP contribution >= 0.6 is 11.6 Å². The van der Waals surface area contributed by atoms with Crippen molar-refractivity contribution >= 4 is 23.2 Å². The summed E-state index contributed by atoms with van der Waals surface area (Å²) in [5, 5.41) is 13.0. The fourth-order valence-corrected chi connectivity index (χ4v) is 6.18. The maximum atomic E-state index is 13.1. The van der Waals surface area contributed by atoms with Gasteiger partial charge in [-0.05, 0) is 42.7 Å². The van der Waals surface area contributed by atoms with E-state index in [0.717, 1.165) is 18.4 Å². The lowest BCUT2D eigenvalue weighted by atomic mass is 9.49. The molecule has 0 radical (unpaired) electrons. The molecule has 1 heterocycles. The molecule has 2 aliphatic rings. The maximum absolute atomic E-state index is 13.1. The van der Waals surface area contributed by atoms with E-state index in [1.165, 1.54) is 0 Å². The van der Waals surface area contributed by atoms with Crippen LogP contribution in [0.25, 0.3) is 4.85 Å². The SMILES string of the molecule is [C-]#[N+]c1ccc(OC2C(C)(C)C(NC(=O)c3ccc(CC4(CCO)COC4)cc3)C2(C)C)cc1Cl. The zero-order valence-corrected chi connectivity index (χ0v) is 21.5. The van der Waals surface area contributed by atoms with Crippen LogP contribution in [0, 0.1) is 22.8 Å². The summed E-state index contributed by atoms with van der Waals surface area (Å²) in [7, 11) is 0. The second-order valence-corrected chi connectivity index (χ2v) is 11.5. The van der Waals surface area contributed by atoms with Gasteiger partial charge < -0.3 is 19.9 Å². The van der Waals surface area contributed by atoms with Crippen molar-refractivity contribution in [3.8, 4) is 5.75 Å². The van der Waals surface area contributed by atoms with E-state index < -0.39 is 0 Å². The number of nitrogens with one attached hydrogen (secondary N) is 1. The van der Waals surface area contributed by atoms with E-state index in [-0.39, 0.29) is 40.9 Å². The second-order valence-electron chi connectivity index (χ2n) is 11.1. The number of nitrogens with zero attached hydrogens (tertiary/aromatic N) is 1. The van der Waals surface area contributed by atoms with E-state index in [2.05, 4.69) is 37.9 Å². The van der Waals surface area contributed by atoms with Gasteiger partial charge in [-0.25, -0.2) is 4.85 Å². The molecule has 1 saturated carbocycles. The maximum Gasteiger partial charge on any atom is 0.251 e. The number of aliphatic hydroxyl groups is 1. The summed E-state index contributed by atoms with van der Waals surface area (Å²) >= 11 is 6.19. The van der Waals surface area contributed by atoms with Gasteiger partial charge in [0.1, 0.15) is 11.9 Å². The van der Waals surface area contributed by atoms with Crippen LogP contribution in [0.15, 0.2) is 42.5 Å². The highest BCUT2D eigenvalue weighted by Gasteiger charge is 2.64. The minimum absolute atomic E-state index is 0.00798. The molecule has 0 bridgehead atoms. The molecule has 1 saturated heterocycles. The van der Waals surface area contributed by atoms with Crippen LogP contribution in [-0.2, 0) is 11.2 Å². The number of hydrogen-bond acceptors (Lipinski definition) is 4. The predicted octanol–water partition coefficient (Wildman–Crippen LogP) is 5.44. The number of hydrogen-bond donors (Lipinski definition) is 2. The molecule has 1 aliphatic heterocycles. The van der Waals surface area contributed by atoms with Gasteiger partial charge in [-0.2, -0.15) is 0 Å². The van der Waals surface area contributed by atoms with Crippen molar-refractivity contribution < 1.29 is 19.4 Å². The third-order valence-corrected chi connectivity index (χ3v) is 7.97. The topological polar surface area (TPSA) is 72.2 Å². The summed E-state index contributed by atoms with van der Waals surface area (Å²) in [4.78, 5) is 16.5. The summed E-state index contributed by atoms with van der Waals surface area (Å²) in [6.07, 6.45) is 1.41. The molecule has 35 heavy (non-hydrogen) atoms. The van der Waals surface area contributed by atoms with Gasteiger partial charge in [0.25, 0.3) is 5.91 Å². The molecule has 2 aromatic carbocycles. The van der Waals surface area contributed by atoms with Crippen molar-refractivity contribution in [2.75, 3.05) is 19.8 Å². The molecule has 2 aromatic rings. The number of rotatable bonds is 8. The first-order valence-electron chi connectivity index (χ1n) is 11.9. The van der Waals surface area contributed by atoms with Crippen LogP contribution < -0.4 is 10.1 Å². The van der Waals surface area contributed by atoms with Gasteiger partial charge in [-0.3, -0.25) is 4.79 Å². The minimum atomic E-state index is -0.315. The Morgan fingerprint density at radius 3 is 2.34 bits per heavy atom. The zero-order valence-electron chi connectivity index (χ0n) is 20.7. The molecule has 7 heteroatoms. The first-order valence-corrected chi connectivity index (χ1v) is 12.3. The molecule has 0 aromatic heterocycles. The highest BCUT2D eigenvalue weighted by molar-refractivity contribution is 6.33. The van der Waals surface area contributed by atoms with Crippen molar-refractivity contribution in [3.05, 3.63) is 70.0 Å². The number of benzene rings is 2. The molecule has 186 valence electrons. The van der Waals surface area contributed by atoms with Crippen molar-refractivity contribution in [2.45, 2.75) is 52.7 Å². The summed E-state index contributed by atoms with van der Waals surface area (Å²) in [5.41, 5.74) is 1.53. The van der Waals surface area contributed by atoms with Crippen LogP contribution in [0.4, 0.5) is 5.69 Å². The fourth-order valence-electron chi connectivity index (χ4n) is 5.97. The van der Waals surface area contributed by atoms with E-state index in [1.807, 2.05) is 24.3 Å². The first kappa shape index (κ1) is 25.5. The molecule has 2 fully saturated rings. The smallest absolute Gasteiger partial charge is 0.251 e. The minimum Gasteiger partial charge on any atom is -0.489 e. The third kappa shape index (κ3) is 4.78. The Morgan fingerprint density at radius 2 is 1.83 bits per heavy atom. The lowest BCUT2D eigenvalue weighted by Crippen LogP contribution is -2.74. The van der Waals surface area contributed by atoms with Gasteiger partial charge >= 0.3 is 0 Å².